The van der Waals surface area contributed by atoms with Crippen molar-refractivity contribution in [3.63, 3.8) is 0 Å². The number of nitrogens with one attached hydrogen (secondary N) is 2. The molecule has 0 saturated carbocycles. The number of hydrogen-bond donors (Lipinski definition) is 4. The van der Waals surface area contributed by atoms with Gasteiger partial charge in [-0.15, -0.1) is 5.10 Å². The van der Waals surface area contributed by atoms with Gasteiger partial charge in [-0.3, -0.25) is 4.79 Å². The minimum atomic E-state index is -1.20. The normalized spacial score (nSPS) is 16.7. The standard InChI is InChI=1S/C10H15N5O4/c16-2-1-7(10(18)19)12-9(17)8-5-15(14-13-8)6-3-11-4-6/h5-7,11,16H,1-4H2,(H,12,17)(H,18,19)/t7-/m0/s1. The van der Waals surface area contributed by atoms with E-state index in [-0.39, 0.29) is 24.8 Å². The first-order valence-electron chi connectivity index (χ1n) is 5.89. The maximum absolute atomic E-state index is 11.8. The number of hydrogen-bond acceptors (Lipinski definition) is 6. The molecule has 0 aliphatic carbocycles. The van der Waals surface area contributed by atoms with Crippen LogP contribution < -0.4 is 10.6 Å². The highest BCUT2D eigenvalue weighted by molar-refractivity contribution is 5.94. The van der Waals surface area contributed by atoms with Crippen LogP contribution in [0.4, 0.5) is 0 Å². The fraction of sp³-hybridized carbons (Fsp3) is 0.600. The number of carboxylic acids is 1. The topological polar surface area (TPSA) is 129 Å². The first-order valence-corrected chi connectivity index (χ1v) is 5.89. The summed E-state index contributed by atoms with van der Waals surface area (Å²) in [6.07, 6.45) is 1.43. The van der Waals surface area contributed by atoms with Crippen LogP contribution in [0.2, 0.25) is 0 Å². The zero-order chi connectivity index (χ0) is 13.8. The van der Waals surface area contributed by atoms with Crippen molar-refractivity contribution in [1.29, 1.82) is 0 Å². The predicted molar refractivity (Wildman–Crippen MR) is 62.5 cm³/mol. The van der Waals surface area contributed by atoms with Gasteiger partial charge in [-0.05, 0) is 0 Å². The van der Waals surface area contributed by atoms with E-state index in [1.807, 2.05) is 0 Å². The molecule has 1 aliphatic rings. The van der Waals surface area contributed by atoms with Gasteiger partial charge in [-0.1, -0.05) is 5.21 Å². The Morgan fingerprint density at radius 2 is 2.32 bits per heavy atom. The largest absolute Gasteiger partial charge is 0.480 e. The summed E-state index contributed by atoms with van der Waals surface area (Å²) in [6, 6.07) is -0.949. The van der Waals surface area contributed by atoms with Gasteiger partial charge >= 0.3 is 5.97 Å². The molecule has 1 saturated heterocycles. The molecular weight excluding hydrogens is 254 g/mol. The van der Waals surface area contributed by atoms with E-state index in [1.54, 1.807) is 4.68 Å². The van der Waals surface area contributed by atoms with Crippen molar-refractivity contribution >= 4 is 11.9 Å². The number of aliphatic hydroxyl groups is 1. The van der Waals surface area contributed by atoms with Gasteiger partial charge in [0.15, 0.2) is 5.69 Å². The number of aromatic nitrogens is 3. The van der Waals surface area contributed by atoms with E-state index in [0.29, 0.717) is 0 Å². The molecule has 104 valence electrons. The third-order valence-electron chi connectivity index (χ3n) is 2.90. The smallest absolute Gasteiger partial charge is 0.326 e. The molecule has 1 aromatic heterocycles. The van der Waals surface area contributed by atoms with E-state index in [9.17, 15) is 9.59 Å². The summed E-state index contributed by atoms with van der Waals surface area (Å²) in [5, 5.41) is 30.5. The highest BCUT2D eigenvalue weighted by Crippen LogP contribution is 2.09. The van der Waals surface area contributed by atoms with Gasteiger partial charge in [0.2, 0.25) is 0 Å². The number of carbonyl (C=O) groups excluding carboxylic acids is 1. The third-order valence-corrected chi connectivity index (χ3v) is 2.90. The molecule has 9 nitrogen and oxygen atoms in total. The van der Waals surface area contributed by atoms with E-state index >= 15 is 0 Å². The van der Waals surface area contributed by atoms with Gasteiger partial charge < -0.3 is 20.8 Å². The third kappa shape index (κ3) is 3.06. The van der Waals surface area contributed by atoms with Crippen molar-refractivity contribution in [2.45, 2.75) is 18.5 Å². The van der Waals surface area contributed by atoms with E-state index in [0.717, 1.165) is 13.1 Å². The summed E-state index contributed by atoms with van der Waals surface area (Å²) in [7, 11) is 0. The molecule has 4 N–H and O–H groups in total. The molecule has 0 spiro atoms. The van der Waals surface area contributed by atoms with E-state index in [1.165, 1.54) is 6.20 Å². The zero-order valence-corrected chi connectivity index (χ0v) is 10.1. The van der Waals surface area contributed by atoms with Gasteiger partial charge in [-0.2, -0.15) is 0 Å². The van der Waals surface area contributed by atoms with E-state index in [4.69, 9.17) is 10.2 Å². The molecule has 0 bridgehead atoms. The summed E-state index contributed by atoms with van der Waals surface area (Å²) in [4.78, 5) is 22.6. The number of aliphatic hydroxyl groups excluding tert-OH is 1. The molecule has 1 aromatic rings. The van der Waals surface area contributed by atoms with Crippen molar-refractivity contribution in [3.8, 4) is 0 Å². The van der Waals surface area contributed by atoms with Crippen LogP contribution in [0.15, 0.2) is 6.20 Å². The van der Waals surface area contributed by atoms with Gasteiger partial charge in [0.1, 0.15) is 6.04 Å². The Labute approximate surface area is 108 Å². The Morgan fingerprint density at radius 1 is 1.58 bits per heavy atom. The molecule has 2 heterocycles. The fourth-order valence-electron chi connectivity index (χ4n) is 1.64. The Balaban J connectivity index is 1.98. The van der Waals surface area contributed by atoms with Crippen molar-refractivity contribution < 1.29 is 19.8 Å². The SMILES string of the molecule is O=C(N[C@@H](CCO)C(=O)O)c1cn(C2CNC2)nn1. The number of rotatable bonds is 6. The highest BCUT2D eigenvalue weighted by Gasteiger charge is 2.24. The molecule has 1 fully saturated rings. The van der Waals surface area contributed by atoms with E-state index < -0.39 is 17.9 Å². The summed E-state index contributed by atoms with van der Waals surface area (Å²) in [5.41, 5.74) is 0.0658. The van der Waals surface area contributed by atoms with Gasteiger partial charge in [0, 0.05) is 26.1 Å². The predicted octanol–water partition coefficient (Wildman–Crippen LogP) is -2.01. The minimum Gasteiger partial charge on any atom is -0.480 e. The first kappa shape index (κ1) is 13.4. The Bertz CT molecular complexity index is 470. The molecule has 19 heavy (non-hydrogen) atoms. The quantitative estimate of drug-likeness (QED) is 0.469. The number of carboxylic acid groups (broad SMARTS) is 1. The second kappa shape index (κ2) is 5.76. The number of amides is 1. The van der Waals surface area contributed by atoms with Crippen molar-refractivity contribution in [2.75, 3.05) is 19.7 Å². The minimum absolute atomic E-state index is 0.0538. The lowest BCUT2D eigenvalue weighted by Gasteiger charge is -2.26. The molecular formula is C10H15N5O4. The van der Waals surface area contributed by atoms with Crippen molar-refractivity contribution in [2.24, 2.45) is 0 Å². The molecule has 1 amide bonds. The number of carbonyl (C=O) groups is 2. The lowest BCUT2D eigenvalue weighted by molar-refractivity contribution is -0.139. The van der Waals surface area contributed by atoms with Crippen LogP contribution in [0.5, 0.6) is 0 Å². The van der Waals surface area contributed by atoms with Crippen LogP contribution in [-0.2, 0) is 4.79 Å². The lowest BCUT2D eigenvalue weighted by atomic mass is 10.2. The summed E-state index contributed by atoms with van der Waals surface area (Å²) in [6.45, 7) is 1.22. The maximum atomic E-state index is 11.8. The molecule has 0 radical (unpaired) electrons. The maximum Gasteiger partial charge on any atom is 0.326 e. The van der Waals surface area contributed by atoms with Crippen LogP contribution in [0.25, 0.3) is 0 Å². The Hall–Kier alpha value is -2.00. The van der Waals surface area contributed by atoms with Crippen LogP contribution >= 0.6 is 0 Å². The van der Waals surface area contributed by atoms with Gasteiger partial charge in [-0.25, -0.2) is 9.48 Å². The molecule has 0 unspecified atom stereocenters. The monoisotopic (exact) mass is 269 g/mol. The summed E-state index contributed by atoms with van der Waals surface area (Å²) < 4.78 is 1.58. The second-order valence-corrected chi connectivity index (χ2v) is 4.27. The molecule has 0 aromatic carbocycles. The van der Waals surface area contributed by atoms with Crippen LogP contribution in [0, 0.1) is 0 Å². The average molecular weight is 269 g/mol. The lowest BCUT2D eigenvalue weighted by Crippen LogP contribution is -2.43. The molecule has 9 heteroatoms. The Morgan fingerprint density at radius 3 is 2.84 bits per heavy atom. The summed E-state index contributed by atoms with van der Waals surface area (Å²) >= 11 is 0. The number of nitrogens with zero attached hydrogens (tertiary/aromatic N) is 3. The van der Waals surface area contributed by atoms with Gasteiger partial charge in [0.05, 0.1) is 12.2 Å². The van der Waals surface area contributed by atoms with Crippen molar-refractivity contribution in [3.05, 3.63) is 11.9 Å². The highest BCUT2D eigenvalue weighted by atomic mass is 16.4. The Kier molecular flexibility index (Phi) is 4.07. The van der Waals surface area contributed by atoms with Crippen LogP contribution in [0.1, 0.15) is 23.0 Å². The molecule has 2 rings (SSSR count). The van der Waals surface area contributed by atoms with Crippen LogP contribution in [0.3, 0.4) is 0 Å². The van der Waals surface area contributed by atoms with E-state index in [2.05, 4.69) is 20.9 Å². The molecule has 1 atom stereocenters. The number of aliphatic carboxylic acids is 1. The fourth-order valence-corrected chi connectivity index (χ4v) is 1.64. The average Bonchev–Trinajstić information content (AvgIpc) is 2.75. The van der Waals surface area contributed by atoms with Crippen molar-refractivity contribution in [1.82, 2.24) is 25.6 Å². The first-order chi connectivity index (χ1) is 9.11. The summed E-state index contributed by atoms with van der Waals surface area (Å²) in [5.74, 6) is -1.81. The van der Waals surface area contributed by atoms with Crippen LogP contribution in [-0.4, -0.2) is 62.8 Å². The second-order valence-electron chi connectivity index (χ2n) is 4.27. The molecule has 1 aliphatic heterocycles. The van der Waals surface area contributed by atoms with Gasteiger partial charge in [0.25, 0.3) is 5.91 Å². The zero-order valence-electron chi connectivity index (χ0n) is 10.1.